The summed E-state index contributed by atoms with van der Waals surface area (Å²) in [6.45, 7) is 5.41. The number of ketones is 1. The molecule has 1 aromatic carbocycles. The Bertz CT molecular complexity index is 626. The van der Waals surface area contributed by atoms with Gasteiger partial charge < -0.3 is 14.5 Å². The molecule has 0 aliphatic rings. The minimum Gasteiger partial charge on any atom is -0.469 e. The van der Waals surface area contributed by atoms with Crippen molar-refractivity contribution in [3.63, 3.8) is 0 Å². The second kappa shape index (κ2) is 11.5. The Balaban J connectivity index is 2.65. The molecule has 1 aromatic rings. The fourth-order valence-electron chi connectivity index (χ4n) is 2.76. The van der Waals surface area contributed by atoms with Gasteiger partial charge in [-0.25, -0.2) is 0 Å². The topological polar surface area (TPSA) is 66.9 Å². The van der Waals surface area contributed by atoms with Gasteiger partial charge in [0.1, 0.15) is 0 Å². The number of nitrogens with zero attached hydrogens (tertiary/aromatic N) is 2. The quantitative estimate of drug-likeness (QED) is 0.439. The third kappa shape index (κ3) is 8.35. The number of carbonyl (C=O) groups excluding carboxylic acids is 3. The maximum Gasteiger partial charge on any atom is 0.310 e. The van der Waals surface area contributed by atoms with Gasteiger partial charge in [-0.2, -0.15) is 0 Å². The van der Waals surface area contributed by atoms with Crippen molar-refractivity contribution in [2.24, 2.45) is 5.92 Å². The highest BCUT2D eigenvalue weighted by Gasteiger charge is 2.22. The van der Waals surface area contributed by atoms with Gasteiger partial charge in [0.25, 0.3) is 0 Å². The second-order valence-corrected chi connectivity index (χ2v) is 7.21. The van der Waals surface area contributed by atoms with E-state index in [-0.39, 0.29) is 30.5 Å². The highest BCUT2D eigenvalue weighted by Crippen LogP contribution is 2.11. The first-order valence-electron chi connectivity index (χ1n) is 9.34. The molecule has 0 fully saturated rings. The fourth-order valence-corrected chi connectivity index (χ4v) is 2.76. The number of methoxy groups -OCH3 is 1. The molecule has 6 heteroatoms. The van der Waals surface area contributed by atoms with Gasteiger partial charge in [0.05, 0.1) is 13.0 Å². The molecule has 0 aliphatic heterocycles. The van der Waals surface area contributed by atoms with Crippen LogP contribution in [0.2, 0.25) is 0 Å². The summed E-state index contributed by atoms with van der Waals surface area (Å²) in [7, 11) is 5.30. The molecule has 0 bridgehead atoms. The molecular weight excluding hydrogens is 344 g/mol. The van der Waals surface area contributed by atoms with Crippen molar-refractivity contribution >= 4 is 17.7 Å². The van der Waals surface area contributed by atoms with E-state index in [4.69, 9.17) is 4.74 Å². The van der Waals surface area contributed by atoms with E-state index in [1.807, 2.05) is 38.1 Å². The van der Waals surface area contributed by atoms with Gasteiger partial charge in [-0.1, -0.05) is 36.8 Å². The molecule has 1 amide bonds. The van der Waals surface area contributed by atoms with Crippen LogP contribution in [0.4, 0.5) is 0 Å². The van der Waals surface area contributed by atoms with E-state index >= 15 is 0 Å². The lowest BCUT2D eigenvalue weighted by molar-refractivity contribution is -0.146. The lowest BCUT2D eigenvalue weighted by atomic mass is 10.0. The molecule has 0 N–H and O–H groups in total. The third-order valence-electron chi connectivity index (χ3n) is 4.42. The average Bonchev–Trinajstić information content (AvgIpc) is 2.64. The molecule has 150 valence electrons. The van der Waals surface area contributed by atoms with Gasteiger partial charge in [-0.05, 0) is 34.0 Å². The zero-order valence-corrected chi connectivity index (χ0v) is 17.2. The lowest BCUT2D eigenvalue weighted by Gasteiger charge is -2.25. The van der Waals surface area contributed by atoms with Crippen LogP contribution in [0.25, 0.3) is 0 Å². The van der Waals surface area contributed by atoms with Crippen molar-refractivity contribution < 1.29 is 19.1 Å². The highest BCUT2D eigenvalue weighted by atomic mass is 16.5. The number of aryl methyl sites for hydroxylation is 1. The van der Waals surface area contributed by atoms with Gasteiger partial charge in [-0.3, -0.25) is 14.4 Å². The Morgan fingerprint density at radius 3 is 2.22 bits per heavy atom. The summed E-state index contributed by atoms with van der Waals surface area (Å²) in [5, 5.41) is 0. The van der Waals surface area contributed by atoms with Gasteiger partial charge >= 0.3 is 5.97 Å². The van der Waals surface area contributed by atoms with Gasteiger partial charge in [-0.15, -0.1) is 0 Å². The van der Waals surface area contributed by atoms with Crippen LogP contribution in [0.5, 0.6) is 0 Å². The summed E-state index contributed by atoms with van der Waals surface area (Å²) in [5.41, 5.74) is 1.71. The van der Waals surface area contributed by atoms with E-state index in [0.29, 0.717) is 18.7 Å². The van der Waals surface area contributed by atoms with Crippen molar-refractivity contribution in [2.45, 2.75) is 33.1 Å². The van der Waals surface area contributed by atoms with Crippen molar-refractivity contribution in [2.75, 3.05) is 40.8 Å². The summed E-state index contributed by atoms with van der Waals surface area (Å²) >= 11 is 0. The number of ether oxygens (including phenoxy) is 1. The number of esters is 1. The normalized spacial score (nSPS) is 11.9. The zero-order chi connectivity index (χ0) is 20.4. The molecule has 0 aromatic heterocycles. The summed E-state index contributed by atoms with van der Waals surface area (Å²) in [5.74, 6) is -0.884. The average molecular weight is 376 g/mol. The first-order chi connectivity index (χ1) is 12.7. The summed E-state index contributed by atoms with van der Waals surface area (Å²) < 4.78 is 4.76. The minimum atomic E-state index is -0.397. The number of benzene rings is 1. The van der Waals surface area contributed by atoms with Crippen molar-refractivity contribution in [3.8, 4) is 0 Å². The van der Waals surface area contributed by atoms with Crippen LogP contribution in [-0.4, -0.2) is 68.3 Å². The SMILES string of the molecule is COC(=O)C(C)CN(CCCN(C)C)C(=O)CCC(=O)c1ccc(C)cc1. The Labute approximate surface area is 162 Å². The number of amides is 1. The predicted octanol–water partition coefficient (Wildman–Crippen LogP) is 2.55. The molecule has 0 saturated carbocycles. The van der Waals surface area contributed by atoms with Crippen LogP contribution in [0.3, 0.4) is 0 Å². The van der Waals surface area contributed by atoms with Crippen LogP contribution in [0.15, 0.2) is 24.3 Å². The Morgan fingerprint density at radius 2 is 1.67 bits per heavy atom. The molecule has 1 atom stereocenters. The van der Waals surface area contributed by atoms with Crippen molar-refractivity contribution in [1.82, 2.24) is 9.80 Å². The van der Waals surface area contributed by atoms with Crippen LogP contribution < -0.4 is 0 Å². The maximum absolute atomic E-state index is 12.7. The number of carbonyl (C=O) groups is 3. The van der Waals surface area contributed by atoms with Crippen LogP contribution in [0.1, 0.15) is 42.1 Å². The second-order valence-electron chi connectivity index (χ2n) is 7.21. The third-order valence-corrected chi connectivity index (χ3v) is 4.42. The van der Waals surface area contributed by atoms with Gasteiger partial charge in [0.2, 0.25) is 5.91 Å². The number of Topliss-reactive ketones (excluding diaryl/α,β-unsaturated/α-hetero) is 1. The number of hydrogen-bond acceptors (Lipinski definition) is 5. The van der Waals surface area contributed by atoms with E-state index in [1.165, 1.54) is 7.11 Å². The minimum absolute atomic E-state index is 0.0439. The molecule has 0 spiro atoms. The molecule has 0 aliphatic carbocycles. The Kier molecular flexibility index (Phi) is 9.72. The molecular formula is C21H32N2O4. The van der Waals surface area contributed by atoms with Gasteiger partial charge in [0.15, 0.2) is 5.78 Å². The van der Waals surface area contributed by atoms with E-state index in [0.717, 1.165) is 18.5 Å². The highest BCUT2D eigenvalue weighted by molar-refractivity contribution is 5.98. The molecule has 0 saturated heterocycles. The van der Waals surface area contributed by atoms with Gasteiger partial charge in [0, 0.05) is 31.5 Å². The number of rotatable bonds is 11. The van der Waals surface area contributed by atoms with Crippen LogP contribution in [-0.2, 0) is 14.3 Å². The van der Waals surface area contributed by atoms with Crippen molar-refractivity contribution in [1.29, 1.82) is 0 Å². The van der Waals surface area contributed by atoms with Crippen LogP contribution in [0, 0.1) is 12.8 Å². The Morgan fingerprint density at radius 1 is 1.04 bits per heavy atom. The van der Waals surface area contributed by atoms with E-state index in [1.54, 1.807) is 24.0 Å². The molecule has 1 rings (SSSR count). The Hall–Kier alpha value is -2.21. The predicted molar refractivity (Wildman–Crippen MR) is 106 cm³/mol. The first kappa shape index (κ1) is 22.8. The first-order valence-corrected chi connectivity index (χ1v) is 9.34. The summed E-state index contributed by atoms with van der Waals surface area (Å²) in [6.07, 6.45) is 1.11. The van der Waals surface area contributed by atoms with E-state index < -0.39 is 5.92 Å². The summed E-state index contributed by atoms with van der Waals surface area (Å²) in [4.78, 5) is 40.4. The standard InChI is InChI=1S/C21H32N2O4/c1-16-7-9-18(10-8-16)19(24)11-12-20(25)23(14-6-13-22(3)4)15-17(2)21(26)27-5/h7-10,17H,6,11-15H2,1-5H3. The van der Waals surface area contributed by atoms with E-state index in [9.17, 15) is 14.4 Å². The molecule has 27 heavy (non-hydrogen) atoms. The lowest BCUT2D eigenvalue weighted by Crippen LogP contribution is -2.38. The smallest absolute Gasteiger partial charge is 0.310 e. The maximum atomic E-state index is 12.7. The fraction of sp³-hybridized carbons (Fsp3) is 0.571. The molecule has 6 nitrogen and oxygen atoms in total. The van der Waals surface area contributed by atoms with Crippen LogP contribution >= 0.6 is 0 Å². The molecule has 0 heterocycles. The molecule has 0 radical (unpaired) electrons. The van der Waals surface area contributed by atoms with E-state index in [2.05, 4.69) is 0 Å². The largest absolute Gasteiger partial charge is 0.469 e. The van der Waals surface area contributed by atoms with Crippen molar-refractivity contribution in [3.05, 3.63) is 35.4 Å². The number of hydrogen-bond donors (Lipinski definition) is 0. The molecule has 1 unspecified atom stereocenters. The zero-order valence-electron chi connectivity index (χ0n) is 17.2. The monoisotopic (exact) mass is 376 g/mol. The summed E-state index contributed by atoms with van der Waals surface area (Å²) in [6, 6.07) is 7.36.